The predicted octanol–water partition coefficient (Wildman–Crippen LogP) is 1.79. The Bertz CT molecular complexity index is 582. The lowest BCUT2D eigenvalue weighted by molar-refractivity contribution is 0.0935. The lowest BCUT2D eigenvalue weighted by atomic mass is 10.1. The Morgan fingerprint density at radius 3 is 3.00 bits per heavy atom. The highest BCUT2D eigenvalue weighted by Gasteiger charge is 2.14. The zero-order valence-electron chi connectivity index (χ0n) is 10.9. The van der Waals surface area contributed by atoms with Crippen molar-refractivity contribution in [1.29, 1.82) is 0 Å². The van der Waals surface area contributed by atoms with Crippen molar-refractivity contribution in [3.8, 4) is 0 Å². The average molecular weight is 276 g/mol. The van der Waals surface area contributed by atoms with E-state index in [1.54, 1.807) is 11.6 Å². The third kappa shape index (κ3) is 3.51. The lowest BCUT2D eigenvalue weighted by Crippen LogP contribution is -2.34. The molecule has 0 spiro atoms. The first kappa shape index (κ1) is 13.5. The second-order valence-corrected chi connectivity index (χ2v) is 5.31. The quantitative estimate of drug-likeness (QED) is 0.892. The summed E-state index contributed by atoms with van der Waals surface area (Å²) in [6.07, 6.45) is 2.45. The molecule has 0 aliphatic heterocycles. The number of carbonyl (C=O) groups is 1. The summed E-state index contributed by atoms with van der Waals surface area (Å²) in [5.74, 6) is -0.200. The molecule has 0 saturated carbocycles. The number of carbonyl (C=O) groups excluding carboxylic acids is 1. The van der Waals surface area contributed by atoms with Gasteiger partial charge in [0.2, 0.25) is 0 Å². The number of anilines is 1. The second-order valence-electron chi connectivity index (χ2n) is 4.42. The molecule has 0 fully saturated rings. The Hall–Kier alpha value is -1.95. The van der Waals surface area contributed by atoms with Crippen LogP contribution in [0.3, 0.4) is 0 Å². The normalized spacial score (nSPS) is 12.1. The van der Waals surface area contributed by atoms with E-state index in [-0.39, 0.29) is 11.9 Å². The lowest BCUT2D eigenvalue weighted by Gasteiger charge is -2.13. The molecule has 0 aromatic carbocycles. The predicted molar refractivity (Wildman–Crippen MR) is 76.1 cm³/mol. The molecule has 0 bridgehead atoms. The van der Waals surface area contributed by atoms with E-state index in [4.69, 9.17) is 5.73 Å². The maximum atomic E-state index is 11.9. The number of nitrogen functional groups attached to an aromatic ring is 1. The minimum Gasteiger partial charge on any atom is -0.375 e. The number of rotatable bonds is 4. The van der Waals surface area contributed by atoms with Crippen LogP contribution in [0.15, 0.2) is 23.7 Å². The molecule has 2 rings (SSSR count). The van der Waals surface area contributed by atoms with E-state index in [0.717, 1.165) is 11.3 Å². The van der Waals surface area contributed by atoms with Crippen molar-refractivity contribution in [2.45, 2.75) is 26.3 Å². The summed E-state index contributed by atoms with van der Waals surface area (Å²) in [4.78, 5) is 20.2. The van der Waals surface area contributed by atoms with Crippen molar-refractivity contribution in [2.75, 3.05) is 5.73 Å². The summed E-state index contributed by atoms with van der Waals surface area (Å²) in [5, 5.41) is 4.95. The van der Waals surface area contributed by atoms with Gasteiger partial charge in [0.1, 0.15) is 5.69 Å². The minimum atomic E-state index is -0.200. The summed E-state index contributed by atoms with van der Waals surface area (Å²) in [6.45, 7) is 3.96. The average Bonchev–Trinajstić information content (AvgIpc) is 2.79. The molecule has 0 aliphatic rings. The molecule has 0 aliphatic carbocycles. The molecule has 100 valence electrons. The molecule has 6 heteroatoms. The van der Waals surface area contributed by atoms with Gasteiger partial charge in [0.05, 0.1) is 0 Å². The van der Waals surface area contributed by atoms with E-state index in [2.05, 4.69) is 15.3 Å². The molecular weight excluding hydrogens is 260 g/mol. The van der Waals surface area contributed by atoms with Gasteiger partial charge in [0, 0.05) is 29.7 Å². The molecule has 2 aromatic heterocycles. The number of aryl methyl sites for hydroxylation is 1. The number of thiazole rings is 1. The number of nitrogens with one attached hydrogen (secondary N) is 1. The number of hydrogen-bond acceptors (Lipinski definition) is 5. The van der Waals surface area contributed by atoms with Crippen LogP contribution >= 0.6 is 11.3 Å². The molecule has 2 aromatic rings. The van der Waals surface area contributed by atoms with Gasteiger partial charge in [-0.15, -0.1) is 11.3 Å². The minimum absolute atomic E-state index is 0.0102. The van der Waals surface area contributed by atoms with E-state index < -0.39 is 0 Å². The van der Waals surface area contributed by atoms with Crippen molar-refractivity contribution < 1.29 is 4.79 Å². The Labute approximate surface area is 115 Å². The van der Waals surface area contributed by atoms with E-state index in [1.807, 2.05) is 26.0 Å². The van der Waals surface area contributed by atoms with Gasteiger partial charge in [-0.25, -0.2) is 4.98 Å². The Balaban J connectivity index is 1.96. The number of nitrogens with two attached hydrogens (primary N) is 1. The first-order valence-corrected chi connectivity index (χ1v) is 6.86. The monoisotopic (exact) mass is 276 g/mol. The molecular formula is C13H16N4OS. The van der Waals surface area contributed by atoms with Crippen molar-refractivity contribution in [3.63, 3.8) is 0 Å². The Kier molecular flexibility index (Phi) is 4.11. The fourth-order valence-corrected chi connectivity index (χ4v) is 2.31. The van der Waals surface area contributed by atoms with Crippen molar-refractivity contribution in [1.82, 2.24) is 15.3 Å². The van der Waals surface area contributed by atoms with Gasteiger partial charge in [-0.05, 0) is 25.5 Å². The van der Waals surface area contributed by atoms with Gasteiger partial charge in [-0.1, -0.05) is 6.07 Å². The van der Waals surface area contributed by atoms with Crippen LogP contribution < -0.4 is 11.1 Å². The molecule has 0 saturated heterocycles. The highest BCUT2D eigenvalue weighted by atomic mass is 32.1. The van der Waals surface area contributed by atoms with Crippen LogP contribution in [0.5, 0.6) is 0 Å². The number of nitrogens with zero attached hydrogens (tertiary/aromatic N) is 2. The number of amides is 1. The van der Waals surface area contributed by atoms with Crippen LogP contribution in [0.25, 0.3) is 0 Å². The van der Waals surface area contributed by atoms with Crippen LogP contribution in [-0.2, 0) is 6.42 Å². The molecule has 3 N–H and O–H groups in total. The summed E-state index contributed by atoms with van der Waals surface area (Å²) >= 11 is 1.26. The highest BCUT2D eigenvalue weighted by molar-refractivity contribution is 7.13. The summed E-state index contributed by atoms with van der Waals surface area (Å²) < 4.78 is 0. The van der Waals surface area contributed by atoms with Crippen LogP contribution in [0, 0.1) is 6.92 Å². The van der Waals surface area contributed by atoms with Crippen LogP contribution in [0.2, 0.25) is 0 Å². The van der Waals surface area contributed by atoms with Gasteiger partial charge >= 0.3 is 0 Å². The largest absolute Gasteiger partial charge is 0.375 e. The molecule has 1 amide bonds. The fraction of sp³-hybridized carbons (Fsp3) is 0.308. The van der Waals surface area contributed by atoms with E-state index in [0.29, 0.717) is 17.2 Å². The van der Waals surface area contributed by atoms with Crippen molar-refractivity contribution in [3.05, 3.63) is 40.7 Å². The zero-order chi connectivity index (χ0) is 13.8. The van der Waals surface area contributed by atoms with E-state index in [9.17, 15) is 4.79 Å². The standard InChI is InChI=1S/C13H16N4OS/c1-8-4-3-5-15-10(8)6-9(2)16-12(18)11-7-19-13(14)17-11/h3-5,7,9H,6H2,1-2H3,(H2,14,17)(H,16,18)/t9-/m1/s1. The number of aromatic nitrogens is 2. The molecule has 1 atom stereocenters. The Morgan fingerprint density at radius 1 is 1.58 bits per heavy atom. The van der Waals surface area contributed by atoms with Crippen LogP contribution in [-0.4, -0.2) is 21.9 Å². The highest BCUT2D eigenvalue weighted by Crippen LogP contribution is 2.11. The van der Waals surface area contributed by atoms with Gasteiger partial charge in [-0.2, -0.15) is 0 Å². The topological polar surface area (TPSA) is 80.9 Å². The molecule has 19 heavy (non-hydrogen) atoms. The zero-order valence-corrected chi connectivity index (χ0v) is 11.7. The first-order valence-electron chi connectivity index (χ1n) is 5.98. The SMILES string of the molecule is Cc1cccnc1C[C@@H](C)NC(=O)c1csc(N)n1. The molecule has 0 unspecified atom stereocenters. The number of pyridine rings is 1. The van der Waals surface area contributed by atoms with Gasteiger partial charge in [0.15, 0.2) is 5.13 Å². The summed E-state index contributed by atoms with van der Waals surface area (Å²) in [6, 6.07) is 3.90. The van der Waals surface area contributed by atoms with Crippen LogP contribution in [0.4, 0.5) is 5.13 Å². The van der Waals surface area contributed by atoms with Crippen molar-refractivity contribution >= 4 is 22.4 Å². The third-order valence-corrected chi connectivity index (χ3v) is 3.42. The summed E-state index contributed by atoms with van der Waals surface area (Å²) in [5.41, 5.74) is 8.00. The smallest absolute Gasteiger partial charge is 0.271 e. The maximum Gasteiger partial charge on any atom is 0.271 e. The van der Waals surface area contributed by atoms with Gasteiger partial charge in [-0.3, -0.25) is 9.78 Å². The van der Waals surface area contributed by atoms with Gasteiger partial charge < -0.3 is 11.1 Å². The van der Waals surface area contributed by atoms with Gasteiger partial charge in [0.25, 0.3) is 5.91 Å². The molecule has 2 heterocycles. The van der Waals surface area contributed by atoms with E-state index >= 15 is 0 Å². The first-order chi connectivity index (χ1) is 9.06. The van der Waals surface area contributed by atoms with Crippen molar-refractivity contribution in [2.24, 2.45) is 0 Å². The third-order valence-electron chi connectivity index (χ3n) is 2.75. The maximum absolute atomic E-state index is 11.9. The number of hydrogen-bond donors (Lipinski definition) is 2. The summed E-state index contributed by atoms with van der Waals surface area (Å²) in [7, 11) is 0. The fourth-order valence-electron chi connectivity index (χ4n) is 1.76. The molecule has 0 radical (unpaired) electrons. The Morgan fingerprint density at radius 2 is 2.37 bits per heavy atom. The second kappa shape index (κ2) is 5.79. The molecule has 5 nitrogen and oxygen atoms in total. The van der Waals surface area contributed by atoms with Crippen LogP contribution in [0.1, 0.15) is 28.7 Å². The van der Waals surface area contributed by atoms with E-state index in [1.165, 1.54) is 11.3 Å².